The van der Waals surface area contributed by atoms with Gasteiger partial charge in [-0.25, -0.2) is 0 Å². The average Bonchev–Trinajstić information content (AvgIpc) is 3.18. The normalized spacial score (nSPS) is 11.2. The van der Waals surface area contributed by atoms with Gasteiger partial charge in [0.2, 0.25) is 5.91 Å². The summed E-state index contributed by atoms with van der Waals surface area (Å²) >= 11 is 3.12. The Morgan fingerprint density at radius 2 is 1.85 bits per heavy atom. The molecule has 1 aromatic carbocycles. The van der Waals surface area contributed by atoms with Crippen LogP contribution in [0.2, 0.25) is 0 Å². The van der Waals surface area contributed by atoms with Crippen LogP contribution in [0.4, 0.5) is 5.69 Å². The van der Waals surface area contributed by atoms with Gasteiger partial charge >= 0.3 is 0 Å². The number of rotatable bonds is 9. The summed E-state index contributed by atoms with van der Waals surface area (Å²) in [6, 6.07) is 10.8. The highest BCUT2D eigenvalue weighted by Gasteiger charge is 2.21. The predicted molar refractivity (Wildman–Crippen MR) is 110 cm³/mol. The number of anilines is 1. The van der Waals surface area contributed by atoms with Gasteiger partial charge in [-0.2, -0.15) is 0 Å². The van der Waals surface area contributed by atoms with Crippen molar-refractivity contribution in [2.75, 3.05) is 17.6 Å². The van der Waals surface area contributed by atoms with Crippen molar-refractivity contribution in [1.29, 1.82) is 0 Å². The van der Waals surface area contributed by atoms with Gasteiger partial charge in [0.25, 0.3) is 5.91 Å². The van der Waals surface area contributed by atoms with Crippen LogP contribution >= 0.6 is 23.1 Å². The molecule has 0 aliphatic carbocycles. The number of thioether (sulfide) groups is 1. The van der Waals surface area contributed by atoms with E-state index < -0.39 is 0 Å². The smallest absolute Gasteiger partial charge is 0.251 e. The minimum absolute atomic E-state index is 0.0700. The Labute approximate surface area is 162 Å². The van der Waals surface area contributed by atoms with Gasteiger partial charge in [0.05, 0.1) is 9.96 Å². The van der Waals surface area contributed by atoms with Crippen LogP contribution in [-0.2, 0) is 4.79 Å². The largest absolute Gasteiger partial charge is 0.350 e. The van der Waals surface area contributed by atoms with Crippen LogP contribution in [-0.4, -0.2) is 29.7 Å². The minimum Gasteiger partial charge on any atom is -0.350 e. The second-order valence-electron chi connectivity index (χ2n) is 6.10. The lowest BCUT2D eigenvalue weighted by Gasteiger charge is -2.26. The van der Waals surface area contributed by atoms with E-state index in [1.54, 1.807) is 35.6 Å². The summed E-state index contributed by atoms with van der Waals surface area (Å²) in [5.74, 6) is 0.127. The van der Waals surface area contributed by atoms with E-state index >= 15 is 0 Å². The van der Waals surface area contributed by atoms with Crippen molar-refractivity contribution < 1.29 is 9.59 Å². The van der Waals surface area contributed by atoms with Crippen LogP contribution in [0, 0.1) is 0 Å². The van der Waals surface area contributed by atoms with Crippen molar-refractivity contribution in [1.82, 2.24) is 5.32 Å². The third kappa shape index (κ3) is 6.16. The summed E-state index contributed by atoms with van der Waals surface area (Å²) in [6.07, 6.45) is 1.61. The number of carbonyl (C=O) groups is 2. The Balaban J connectivity index is 1.83. The SMILES string of the molecule is CCC(N)(CC)CNC(=O)c1ccc(NC(=O)CSc2cccs2)cc1. The molecular weight excluding hydrogens is 366 g/mol. The number of carbonyl (C=O) groups excluding carboxylic acids is 2. The Bertz CT molecular complexity index is 711. The molecule has 7 heteroatoms. The second kappa shape index (κ2) is 9.75. The zero-order chi connectivity index (χ0) is 19.0. The molecule has 0 unspecified atom stereocenters. The second-order valence-corrected chi connectivity index (χ2v) is 8.32. The van der Waals surface area contributed by atoms with Crippen molar-refractivity contribution in [2.45, 2.75) is 36.4 Å². The van der Waals surface area contributed by atoms with E-state index in [-0.39, 0.29) is 17.4 Å². The Hall–Kier alpha value is -1.83. The highest BCUT2D eigenvalue weighted by atomic mass is 32.2. The standard InChI is InChI=1S/C19H25N3O2S2/c1-3-19(20,4-2)13-21-18(24)14-7-9-15(10-8-14)22-16(23)12-26-17-6-5-11-25-17/h5-11H,3-4,12-13,20H2,1-2H3,(H,21,24)(H,22,23). The molecule has 0 fully saturated rings. The Morgan fingerprint density at radius 1 is 1.15 bits per heavy atom. The molecular formula is C19H25N3O2S2. The van der Waals surface area contributed by atoms with Crippen molar-refractivity contribution >= 4 is 40.6 Å². The molecule has 0 radical (unpaired) electrons. The monoisotopic (exact) mass is 391 g/mol. The lowest BCUT2D eigenvalue weighted by molar-refractivity contribution is -0.113. The van der Waals surface area contributed by atoms with Gasteiger partial charge in [-0.15, -0.1) is 23.1 Å². The molecule has 1 aromatic heterocycles. The molecule has 2 rings (SSSR count). The molecule has 0 spiro atoms. The maximum atomic E-state index is 12.2. The highest BCUT2D eigenvalue weighted by Crippen LogP contribution is 2.23. The summed E-state index contributed by atoms with van der Waals surface area (Å²) in [4.78, 5) is 24.2. The molecule has 0 saturated carbocycles. The lowest BCUT2D eigenvalue weighted by atomic mass is 9.94. The molecule has 0 bridgehead atoms. The summed E-state index contributed by atoms with van der Waals surface area (Å²) in [5.41, 5.74) is 7.05. The molecule has 2 aromatic rings. The van der Waals surface area contributed by atoms with Crippen molar-refractivity contribution in [3.8, 4) is 0 Å². The molecule has 1 heterocycles. The van der Waals surface area contributed by atoms with Crippen molar-refractivity contribution in [3.63, 3.8) is 0 Å². The zero-order valence-electron chi connectivity index (χ0n) is 15.1. The van der Waals surface area contributed by atoms with E-state index in [1.165, 1.54) is 11.8 Å². The number of nitrogens with one attached hydrogen (secondary N) is 2. The maximum Gasteiger partial charge on any atom is 0.251 e. The van der Waals surface area contributed by atoms with Gasteiger partial charge in [0, 0.05) is 23.3 Å². The average molecular weight is 392 g/mol. The fourth-order valence-electron chi connectivity index (χ4n) is 2.24. The van der Waals surface area contributed by atoms with Crippen LogP contribution < -0.4 is 16.4 Å². The maximum absolute atomic E-state index is 12.2. The van der Waals surface area contributed by atoms with E-state index in [2.05, 4.69) is 10.6 Å². The number of hydrogen-bond acceptors (Lipinski definition) is 5. The van der Waals surface area contributed by atoms with E-state index in [0.29, 0.717) is 23.5 Å². The molecule has 0 atom stereocenters. The van der Waals surface area contributed by atoms with Gasteiger partial charge in [0.15, 0.2) is 0 Å². The fourth-order valence-corrected chi connectivity index (χ4v) is 3.83. The first-order chi connectivity index (χ1) is 12.5. The number of nitrogens with two attached hydrogens (primary N) is 1. The third-order valence-electron chi connectivity index (χ3n) is 4.28. The molecule has 0 saturated heterocycles. The number of thiophene rings is 1. The van der Waals surface area contributed by atoms with E-state index in [9.17, 15) is 9.59 Å². The Kier molecular flexibility index (Phi) is 7.68. The molecule has 5 nitrogen and oxygen atoms in total. The third-order valence-corrected chi connectivity index (χ3v) is 6.41. The first kappa shape index (κ1) is 20.5. The zero-order valence-corrected chi connectivity index (χ0v) is 16.7. The van der Waals surface area contributed by atoms with Crippen LogP contribution in [0.15, 0.2) is 46.0 Å². The molecule has 0 aliphatic rings. The van der Waals surface area contributed by atoms with Gasteiger partial charge in [-0.05, 0) is 48.6 Å². The minimum atomic E-state index is -0.371. The lowest BCUT2D eigenvalue weighted by Crippen LogP contribution is -2.49. The van der Waals surface area contributed by atoms with Crippen LogP contribution in [0.25, 0.3) is 0 Å². The highest BCUT2D eigenvalue weighted by molar-refractivity contribution is 8.01. The van der Waals surface area contributed by atoms with E-state index in [4.69, 9.17) is 5.73 Å². The van der Waals surface area contributed by atoms with Gasteiger partial charge in [-0.1, -0.05) is 19.9 Å². The first-order valence-electron chi connectivity index (χ1n) is 8.59. The topological polar surface area (TPSA) is 84.2 Å². The number of amides is 2. The molecule has 4 N–H and O–H groups in total. The quantitative estimate of drug-likeness (QED) is 0.569. The number of hydrogen-bond donors (Lipinski definition) is 3. The molecule has 0 aliphatic heterocycles. The number of benzene rings is 1. The summed E-state index contributed by atoms with van der Waals surface area (Å²) < 4.78 is 1.11. The van der Waals surface area contributed by atoms with Crippen LogP contribution in [0.5, 0.6) is 0 Å². The molecule has 26 heavy (non-hydrogen) atoms. The summed E-state index contributed by atoms with van der Waals surface area (Å²) in [7, 11) is 0. The Morgan fingerprint density at radius 3 is 2.42 bits per heavy atom. The van der Waals surface area contributed by atoms with Gasteiger partial charge in [-0.3, -0.25) is 9.59 Å². The molecule has 140 valence electrons. The summed E-state index contributed by atoms with van der Waals surface area (Å²) in [6.45, 7) is 4.48. The summed E-state index contributed by atoms with van der Waals surface area (Å²) in [5, 5.41) is 7.71. The van der Waals surface area contributed by atoms with Crippen LogP contribution in [0.3, 0.4) is 0 Å². The van der Waals surface area contributed by atoms with Crippen molar-refractivity contribution in [3.05, 3.63) is 47.3 Å². The fraction of sp³-hybridized carbons (Fsp3) is 0.368. The first-order valence-corrected chi connectivity index (χ1v) is 10.5. The van der Waals surface area contributed by atoms with Gasteiger partial charge in [0.1, 0.15) is 0 Å². The predicted octanol–water partition coefficient (Wildman–Crippen LogP) is 3.73. The van der Waals surface area contributed by atoms with Gasteiger partial charge < -0.3 is 16.4 Å². The van der Waals surface area contributed by atoms with E-state index in [1.807, 2.05) is 31.4 Å². The van der Waals surface area contributed by atoms with E-state index in [0.717, 1.165) is 17.1 Å². The van der Waals surface area contributed by atoms with Crippen molar-refractivity contribution in [2.24, 2.45) is 5.73 Å². The van der Waals surface area contributed by atoms with Crippen LogP contribution in [0.1, 0.15) is 37.0 Å². The molecule has 2 amide bonds.